The summed E-state index contributed by atoms with van der Waals surface area (Å²) < 4.78 is 5.49. The van der Waals surface area contributed by atoms with Gasteiger partial charge in [-0.2, -0.15) is 0 Å². The molecule has 0 atom stereocenters. The van der Waals surface area contributed by atoms with Crippen LogP contribution in [0.1, 0.15) is 84.0 Å². The normalized spacial score (nSPS) is 28.1. The minimum atomic E-state index is -0.154. The van der Waals surface area contributed by atoms with Gasteiger partial charge < -0.3 is 4.74 Å². The van der Waals surface area contributed by atoms with Crippen LogP contribution in [-0.2, 0) is 4.79 Å². The van der Waals surface area contributed by atoms with Crippen molar-refractivity contribution in [1.82, 2.24) is 4.98 Å². The molecule has 1 aromatic heterocycles. The number of esters is 1. The highest BCUT2D eigenvalue weighted by Crippen LogP contribution is 2.42. The van der Waals surface area contributed by atoms with Gasteiger partial charge in [0.15, 0.2) is 5.75 Å². The van der Waals surface area contributed by atoms with Crippen molar-refractivity contribution in [1.29, 1.82) is 0 Å². The molecule has 1 heterocycles. The van der Waals surface area contributed by atoms with E-state index in [1.54, 1.807) is 6.07 Å². The van der Waals surface area contributed by atoms with Crippen LogP contribution in [-0.4, -0.2) is 11.0 Å². The monoisotopic (exact) mass is 425 g/mol. The molecule has 0 aromatic carbocycles. The summed E-state index contributed by atoms with van der Waals surface area (Å²) in [5.74, 6) is 2.86. The summed E-state index contributed by atoms with van der Waals surface area (Å²) in [4.78, 5) is 16.4. The van der Waals surface area contributed by atoms with E-state index in [4.69, 9.17) is 27.9 Å². The molecule has 156 valence electrons. The predicted octanol–water partition coefficient (Wildman–Crippen LogP) is 7.49. The lowest BCUT2D eigenvalue weighted by Crippen LogP contribution is -2.30. The first-order chi connectivity index (χ1) is 13.6. The third kappa shape index (κ3) is 6.10. The largest absolute Gasteiger partial charge is 0.425 e. The van der Waals surface area contributed by atoms with E-state index in [1.807, 2.05) is 0 Å². The number of unbranched alkanes of at least 4 members (excludes halogenated alkanes) is 2. The highest BCUT2D eigenvalue weighted by Gasteiger charge is 2.33. The molecule has 2 saturated carbocycles. The molecular weight excluding hydrogens is 393 g/mol. The van der Waals surface area contributed by atoms with Crippen molar-refractivity contribution in [2.75, 3.05) is 0 Å². The van der Waals surface area contributed by atoms with Crippen molar-refractivity contribution in [2.24, 2.45) is 23.7 Å². The van der Waals surface area contributed by atoms with E-state index >= 15 is 0 Å². The molecule has 0 N–H and O–H groups in total. The molecule has 3 nitrogen and oxygen atoms in total. The van der Waals surface area contributed by atoms with Gasteiger partial charge in [-0.3, -0.25) is 4.79 Å². The summed E-state index contributed by atoms with van der Waals surface area (Å²) in [5, 5.41) is 0.531. The molecule has 0 unspecified atom stereocenters. The number of nitrogens with zero attached hydrogens (tertiary/aromatic N) is 1. The van der Waals surface area contributed by atoms with Crippen LogP contribution in [0.4, 0.5) is 0 Å². The fraction of sp³-hybridized carbons (Fsp3) is 0.739. The third-order valence-corrected chi connectivity index (χ3v) is 7.55. The van der Waals surface area contributed by atoms with Gasteiger partial charge in [-0.15, -0.1) is 0 Å². The standard InChI is InChI=1S/C23H33Cl2NO2/c1-2-3-4-5-16-6-8-17(9-7-16)18-10-12-19(13-11-18)23(27)28-20-14-21(24)22(25)26-15-20/h14-19H,2-13H2,1H3/t16-,17-,18-,19-. The van der Waals surface area contributed by atoms with E-state index < -0.39 is 0 Å². The van der Waals surface area contributed by atoms with E-state index in [2.05, 4.69) is 11.9 Å². The number of carbonyl (C=O) groups excluding carboxylic acids is 1. The topological polar surface area (TPSA) is 39.2 Å². The van der Waals surface area contributed by atoms with Gasteiger partial charge in [0, 0.05) is 6.07 Å². The van der Waals surface area contributed by atoms with Crippen molar-refractivity contribution in [2.45, 2.75) is 84.0 Å². The number of ether oxygens (including phenoxy) is 1. The molecule has 0 aliphatic heterocycles. The molecule has 0 bridgehead atoms. The van der Waals surface area contributed by atoms with Crippen molar-refractivity contribution in [3.63, 3.8) is 0 Å². The van der Waals surface area contributed by atoms with Gasteiger partial charge in [0.2, 0.25) is 0 Å². The Labute approximate surface area is 179 Å². The quantitative estimate of drug-likeness (QED) is 0.258. The van der Waals surface area contributed by atoms with E-state index in [1.165, 1.54) is 57.6 Å². The van der Waals surface area contributed by atoms with Gasteiger partial charge in [-0.05, 0) is 56.3 Å². The molecule has 0 spiro atoms. The number of rotatable bonds is 7. The summed E-state index contributed by atoms with van der Waals surface area (Å²) >= 11 is 11.8. The SMILES string of the molecule is CCCCC[C@H]1CC[C@H]([C@H]2CC[C@H](C(=O)Oc3cnc(Cl)c(Cl)c3)CC2)CC1. The van der Waals surface area contributed by atoms with Crippen molar-refractivity contribution in [3.05, 3.63) is 22.4 Å². The molecule has 5 heteroatoms. The van der Waals surface area contributed by atoms with Gasteiger partial charge in [0.1, 0.15) is 5.15 Å². The van der Waals surface area contributed by atoms with Crippen LogP contribution in [0.2, 0.25) is 10.2 Å². The Morgan fingerprint density at radius 3 is 2.29 bits per heavy atom. The molecule has 0 saturated heterocycles. The molecule has 28 heavy (non-hydrogen) atoms. The minimum Gasteiger partial charge on any atom is -0.425 e. The number of hydrogen-bond acceptors (Lipinski definition) is 3. The third-order valence-electron chi connectivity index (χ3n) is 6.87. The fourth-order valence-corrected chi connectivity index (χ4v) is 5.38. The second-order valence-corrected chi connectivity index (χ2v) is 9.52. The Morgan fingerprint density at radius 1 is 1.04 bits per heavy atom. The second-order valence-electron chi connectivity index (χ2n) is 8.75. The zero-order valence-corrected chi connectivity index (χ0v) is 18.5. The summed E-state index contributed by atoms with van der Waals surface area (Å²) in [7, 11) is 0. The lowest BCUT2D eigenvalue weighted by atomic mass is 9.68. The first-order valence-electron chi connectivity index (χ1n) is 11.1. The average Bonchev–Trinajstić information content (AvgIpc) is 2.72. The number of halogens is 2. The number of hydrogen-bond donors (Lipinski definition) is 0. The molecule has 0 amide bonds. The number of pyridine rings is 1. The summed E-state index contributed by atoms with van der Waals surface area (Å²) in [5.41, 5.74) is 0. The smallest absolute Gasteiger partial charge is 0.314 e. The van der Waals surface area contributed by atoms with Gasteiger partial charge in [-0.25, -0.2) is 4.98 Å². The van der Waals surface area contributed by atoms with Crippen molar-refractivity contribution in [3.8, 4) is 5.75 Å². The van der Waals surface area contributed by atoms with Crippen LogP contribution in [0.3, 0.4) is 0 Å². The maximum Gasteiger partial charge on any atom is 0.314 e. The van der Waals surface area contributed by atoms with Crippen molar-refractivity contribution < 1.29 is 9.53 Å². The van der Waals surface area contributed by atoms with Crippen LogP contribution in [0, 0.1) is 23.7 Å². The Balaban J connectivity index is 1.39. The fourth-order valence-electron chi connectivity index (χ4n) is 5.12. The summed E-state index contributed by atoms with van der Waals surface area (Å²) in [6, 6.07) is 1.55. The first kappa shape index (κ1) is 21.9. The average molecular weight is 426 g/mol. The molecular formula is C23H33Cl2NO2. The van der Waals surface area contributed by atoms with Gasteiger partial charge in [0.25, 0.3) is 0 Å². The Hall–Kier alpha value is -0.800. The van der Waals surface area contributed by atoms with Crippen LogP contribution < -0.4 is 4.74 Å². The predicted molar refractivity (Wildman–Crippen MR) is 115 cm³/mol. The second kappa shape index (κ2) is 10.8. The Kier molecular flexibility index (Phi) is 8.47. The maximum absolute atomic E-state index is 12.5. The Morgan fingerprint density at radius 2 is 1.68 bits per heavy atom. The lowest BCUT2D eigenvalue weighted by Gasteiger charge is -2.37. The van der Waals surface area contributed by atoms with Gasteiger partial charge >= 0.3 is 5.97 Å². The van der Waals surface area contributed by atoms with E-state index in [-0.39, 0.29) is 17.0 Å². The van der Waals surface area contributed by atoms with Crippen LogP contribution in [0.5, 0.6) is 5.75 Å². The maximum atomic E-state index is 12.5. The molecule has 2 aliphatic rings. The minimum absolute atomic E-state index is 0.00362. The highest BCUT2D eigenvalue weighted by atomic mass is 35.5. The van der Waals surface area contributed by atoms with E-state index in [0.29, 0.717) is 10.8 Å². The van der Waals surface area contributed by atoms with E-state index in [0.717, 1.165) is 43.4 Å². The Bertz CT molecular complexity index is 635. The molecule has 0 radical (unpaired) electrons. The zero-order valence-electron chi connectivity index (χ0n) is 17.0. The van der Waals surface area contributed by atoms with Crippen LogP contribution in [0.25, 0.3) is 0 Å². The lowest BCUT2D eigenvalue weighted by molar-refractivity contribution is -0.140. The summed E-state index contributed by atoms with van der Waals surface area (Å²) in [6.07, 6.45) is 16.8. The zero-order chi connectivity index (χ0) is 19.9. The van der Waals surface area contributed by atoms with Gasteiger partial charge in [-0.1, -0.05) is 68.7 Å². The number of aromatic nitrogens is 1. The van der Waals surface area contributed by atoms with Crippen LogP contribution >= 0.6 is 23.2 Å². The molecule has 2 fully saturated rings. The summed E-state index contributed by atoms with van der Waals surface area (Å²) in [6.45, 7) is 2.28. The van der Waals surface area contributed by atoms with Crippen molar-refractivity contribution >= 4 is 29.2 Å². The van der Waals surface area contributed by atoms with E-state index in [9.17, 15) is 4.79 Å². The molecule has 2 aliphatic carbocycles. The van der Waals surface area contributed by atoms with Gasteiger partial charge in [0.05, 0.1) is 17.1 Å². The number of carbonyl (C=O) groups is 1. The molecule has 1 aromatic rings. The molecule has 3 rings (SSSR count). The van der Waals surface area contributed by atoms with Crippen LogP contribution in [0.15, 0.2) is 12.3 Å². The first-order valence-corrected chi connectivity index (χ1v) is 11.8. The highest BCUT2D eigenvalue weighted by molar-refractivity contribution is 6.41.